The monoisotopic (exact) mass is 299 g/mol. The van der Waals surface area contributed by atoms with Crippen molar-refractivity contribution < 1.29 is 13.2 Å². The van der Waals surface area contributed by atoms with Crippen LogP contribution in [0.25, 0.3) is 0 Å². The van der Waals surface area contributed by atoms with Gasteiger partial charge in [-0.05, 0) is 35.8 Å². The number of benzene rings is 1. The van der Waals surface area contributed by atoms with Crippen molar-refractivity contribution in [3.8, 4) is 0 Å². The van der Waals surface area contributed by atoms with Crippen LogP contribution in [0, 0.1) is 34.2 Å². The standard InChI is InChI=1S/C17H24F3N/c1-6-9-21-14(15-16(2,3)17(15,4)5)10-7-8-11(18)13(20)12(10)19/h7-8,14-15,21H,6,9H2,1-5H3. The van der Waals surface area contributed by atoms with Crippen molar-refractivity contribution in [1.29, 1.82) is 0 Å². The molecule has 1 aromatic rings. The molecule has 21 heavy (non-hydrogen) atoms. The first-order valence-corrected chi connectivity index (χ1v) is 7.53. The Morgan fingerprint density at radius 2 is 1.62 bits per heavy atom. The second kappa shape index (κ2) is 5.31. The molecule has 1 nitrogen and oxygen atoms in total. The second-order valence-electron chi connectivity index (χ2n) is 7.12. The van der Waals surface area contributed by atoms with Crippen molar-refractivity contribution in [3.05, 3.63) is 35.1 Å². The van der Waals surface area contributed by atoms with E-state index in [1.807, 2.05) is 6.92 Å². The van der Waals surface area contributed by atoms with Crippen LogP contribution in [0.2, 0.25) is 0 Å². The molecule has 1 aliphatic carbocycles. The highest BCUT2D eigenvalue weighted by atomic mass is 19.2. The maximum absolute atomic E-state index is 14.2. The van der Waals surface area contributed by atoms with Crippen molar-refractivity contribution in [2.45, 2.75) is 47.1 Å². The molecule has 1 aromatic carbocycles. The Hall–Kier alpha value is -1.03. The highest BCUT2D eigenvalue weighted by Gasteiger charge is 2.67. The minimum absolute atomic E-state index is 0.0235. The lowest BCUT2D eigenvalue weighted by Gasteiger charge is -2.22. The van der Waals surface area contributed by atoms with Gasteiger partial charge < -0.3 is 5.32 Å². The number of hydrogen-bond acceptors (Lipinski definition) is 1. The van der Waals surface area contributed by atoms with Gasteiger partial charge in [0.2, 0.25) is 0 Å². The van der Waals surface area contributed by atoms with Gasteiger partial charge in [-0.25, -0.2) is 13.2 Å². The highest BCUT2D eigenvalue weighted by molar-refractivity contribution is 5.30. The van der Waals surface area contributed by atoms with E-state index in [0.29, 0.717) is 6.54 Å². The first-order valence-electron chi connectivity index (χ1n) is 7.53. The van der Waals surface area contributed by atoms with Crippen molar-refractivity contribution in [2.24, 2.45) is 16.7 Å². The third-order valence-electron chi connectivity index (χ3n) is 5.48. The van der Waals surface area contributed by atoms with Crippen LogP contribution in [0.5, 0.6) is 0 Å². The predicted molar refractivity (Wildman–Crippen MR) is 78.4 cm³/mol. The molecule has 2 rings (SSSR count). The van der Waals surface area contributed by atoms with Gasteiger partial charge in [0.05, 0.1) is 0 Å². The molecule has 0 spiro atoms. The van der Waals surface area contributed by atoms with Crippen molar-refractivity contribution >= 4 is 0 Å². The summed E-state index contributed by atoms with van der Waals surface area (Å²) in [5.41, 5.74) is 0.275. The third-order valence-corrected chi connectivity index (χ3v) is 5.48. The lowest BCUT2D eigenvalue weighted by Crippen LogP contribution is -2.27. The van der Waals surface area contributed by atoms with Crippen LogP contribution >= 0.6 is 0 Å². The Labute approximate surface area is 124 Å². The summed E-state index contributed by atoms with van der Waals surface area (Å²) in [6, 6.07) is 2.08. The molecule has 0 aromatic heterocycles. The number of hydrogen-bond donors (Lipinski definition) is 1. The molecule has 1 unspecified atom stereocenters. The van der Waals surface area contributed by atoms with E-state index in [-0.39, 0.29) is 28.4 Å². The molecule has 118 valence electrons. The second-order valence-corrected chi connectivity index (χ2v) is 7.12. The molecule has 1 fully saturated rings. The lowest BCUT2D eigenvalue weighted by atomic mass is 9.95. The minimum Gasteiger partial charge on any atom is -0.310 e. The molecule has 1 saturated carbocycles. The summed E-state index contributed by atoms with van der Waals surface area (Å²) < 4.78 is 40.9. The fraction of sp³-hybridized carbons (Fsp3) is 0.647. The van der Waals surface area contributed by atoms with E-state index in [2.05, 4.69) is 33.0 Å². The topological polar surface area (TPSA) is 12.0 Å². The lowest BCUT2D eigenvalue weighted by molar-refractivity contribution is 0.378. The van der Waals surface area contributed by atoms with Crippen LogP contribution in [0.3, 0.4) is 0 Å². The Balaban J connectivity index is 2.41. The molecule has 0 saturated heterocycles. The zero-order valence-electron chi connectivity index (χ0n) is 13.4. The maximum Gasteiger partial charge on any atom is 0.194 e. The predicted octanol–water partition coefficient (Wildman–Crippen LogP) is 4.83. The van der Waals surface area contributed by atoms with Crippen molar-refractivity contribution in [3.63, 3.8) is 0 Å². The van der Waals surface area contributed by atoms with E-state index in [1.165, 1.54) is 6.07 Å². The molecule has 0 heterocycles. The fourth-order valence-corrected chi connectivity index (χ4v) is 3.57. The Bertz CT molecular complexity index is 523. The molecule has 1 N–H and O–H groups in total. The van der Waals surface area contributed by atoms with Crippen LogP contribution in [-0.2, 0) is 0 Å². The van der Waals surface area contributed by atoms with Crippen molar-refractivity contribution in [2.75, 3.05) is 6.54 Å². The van der Waals surface area contributed by atoms with Crippen molar-refractivity contribution in [1.82, 2.24) is 5.32 Å². The Morgan fingerprint density at radius 3 is 2.10 bits per heavy atom. The summed E-state index contributed by atoms with van der Waals surface area (Å²) in [6.07, 6.45) is 0.898. The summed E-state index contributed by atoms with van der Waals surface area (Å²) in [4.78, 5) is 0. The van der Waals surface area contributed by atoms with E-state index in [0.717, 1.165) is 12.5 Å². The van der Waals surface area contributed by atoms with Gasteiger partial charge >= 0.3 is 0 Å². The largest absolute Gasteiger partial charge is 0.310 e. The van der Waals surface area contributed by atoms with Gasteiger partial charge in [-0.2, -0.15) is 0 Å². The van der Waals surface area contributed by atoms with Gasteiger partial charge in [0.1, 0.15) is 0 Å². The molecule has 4 heteroatoms. The number of rotatable bonds is 5. The average molecular weight is 299 g/mol. The molecular formula is C17H24F3N. The Kier molecular flexibility index (Phi) is 4.13. The van der Waals surface area contributed by atoms with E-state index < -0.39 is 17.5 Å². The van der Waals surface area contributed by atoms with Crippen LogP contribution in [-0.4, -0.2) is 6.54 Å². The van der Waals surface area contributed by atoms with Gasteiger partial charge in [0.15, 0.2) is 17.5 Å². The summed E-state index contributed by atoms with van der Waals surface area (Å²) >= 11 is 0. The average Bonchev–Trinajstić information content (AvgIpc) is 2.81. The van der Waals surface area contributed by atoms with Gasteiger partial charge in [0, 0.05) is 11.6 Å². The highest BCUT2D eigenvalue weighted by Crippen LogP contribution is 2.72. The quantitative estimate of drug-likeness (QED) is 0.768. The summed E-state index contributed by atoms with van der Waals surface area (Å²) in [5.74, 6) is -3.41. The molecule has 1 atom stereocenters. The van der Waals surface area contributed by atoms with Crippen LogP contribution in [0.1, 0.15) is 52.6 Å². The molecular weight excluding hydrogens is 275 g/mol. The van der Waals surface area contributed by atoms with Crippen LogP contribution < -0.4 is 5.32 Å². The Morgan fingerprint density at radius 1 is 1.05 bits per heavy atom. The van der Waals surface area contributed by atoms with Crippen LogP contribution in [0.4, 0.5) is 13.2 Å². The molecule has 0 aliphatic heterocycles. The molecule has 1 aliphatic rings. The summed E-state index contributed by atoms with van der Waals surface area (Å²) in [5, 5.41) is 3.32. The third kappa shape index (κ3) is 2.48. The van der Waals surface area contributed by atoms with Gasteiger partial charge in [-0.15, -0.1) is 0 Å². The smallest absolute Gasteiger partial charge is 0.194 e. The fourth-order valence-electron chi connectivity index (χ4n) is 3.57. The number of nitrogens with one attached hydrogen (secondary N) is 1. The summed E-state index contributed by atoms with van der Waals surface area (Å²) in [6.45, 7) is 11.3. The molecule has 0 amide bonds. The zero-order valence-corrected chi connectivity index (χ0v) is 13.4. The van der Waals surface area contributed by atoms with Gasteiger partial charge in [-0.1, -0.05) is 40.7 Å². The van der Waals surface area contributed by atoms with E-state index >= 15 is 0 Å². The zero-order chi connectivity index (χ0) is 16.0. The molecule has 0 radical (unpaired) electrons. The van der Waals surface area contributed by atoms with E-state index in [4.69, 9.17) is 0 Å². The normalized spacial score (nSPS) is 21.3. The summed E-state index contributed by atoms with van der Waals surface area (Å²) in [7, 11) is 0. The molecule has 0 bridgehead atoms. The SMILES string of the molecule is CCCNC(c1ccc(F)c(F)c1F)C1C(C)(C)C1(C)C. The first kappa shape index (κ1) is 16.3. The van der Waals surface area contributed by atoms with Crippen LogP contribution in [0.15, 0.2) is 12.1 Å². The maximum atomic E-state index is 14.2. The van der Waals surface area contributed by atoms with E-state index in [9.17, 15) is 13.2 Å². The minimum atomic E-state index is -1.38. The van der Waals surface area contributed by atoms with Gasteiger partial charge in [0.25, 0.3) is 0 Å². The van der Waals surface area contributed by atoms with E-state index in [1.54, 1.807) is 0 Å². The van der Waals surface area contributed by atoms with Gasteiger partial charge in [-0.3, -0.25) is 0 Å². The first-order chi connectivity index (χ1) is 9.66. The number of halogens is 3.